The fourth-order valence-electron chi connectivity index (χ4n) is 1.71. The Kier molecular flexibility index (Phi) is 7.65. The molecular weight excluding hydrogens is 242 g/mol. The molecule has 6 nitrogen and oxygen atoms in total. The monoisotopic (exact) mass is 267 g/mol. The zero-order valence-corrected chi connectivity index (χ0v) is 11.7. The van der Waals surface area contributed by atoms with Crippen LogP contribution >= 0.6 is 0 Å². The van der Waals surface area contributed by atoms with Gasteiger partial charge in [-0.25, -0.2) is 0 Å². The summed E-state index contributed by atoms with van der Waals surface area (Å²) < 4.78 is 0. The van der Waals surface area contributed by atoms with Gasteiger partial charge >= 0.3 is 0 Å². The van der Waals surface area contributed by atoms with E-state index in [-0.39, 0.29) is 12.6 Å². The lowest BCUT2D eigenvalue weighted by molar-refractivity contribution is 0.283. The predicted molar refractivity (Wildman–Crippen MR) is 79.3 cm³/mol. The van der Waals surface area contributed by atoms with Crippen LogP contribution in [0.15, 0.2) is 6.07 Å². The minimum atomic E-state index is 0.280. The first kappa shape index (κ1) is 15.5. The van der Waals surface area contributed by atoms with Gasteiger partial charge in [0.05, 0.1) is 0 Å². The molecule has 0 spiro atoms. The summed E-state index contributed by atoms with van der Waals surface area (Å²) in [6.07, 6.45) is 5.15. The second kappa shape index (κ2) is 9.38. The summed E-state index contributed by atoms with van der Waals surface area (Å²) in [5.41, 5.74) is 5.67. The second-order valence-electron chi connectivity index (χ2n) is 4.49. The van der Waals surface area contributed by atoms with E-state index in [1.165, 1.54) is 0 Å². The molecule has 0 unspecified atom stereocenters. The number of nitrogens with two attached hydrogens (primary N) is 1. The van der Waals surface area contributed by atoms with Crippen LogP contribution in [0, 0.1) is 0 Å². The molecule has 0 aliphatic heterocycles. The number of aromatic nitrogens is 2. The van der Waals surface area contributed by atoms with Crippen molar-refractivity contribution in [2.45, 2.75) is 39.0 Å². The molecule has 1 rings (SSSR count). The average Bonchev–Trinajstić information content (AvgIpc) is 2.40. The van der Waals surface area contributed by atoms with E-state index in [0.717, 1.165) is 56.8 Å². The standard InChI is InChI=1S/C13H25N5O/c1-2-7-15-11-10-12(18-13(14)17-11)16-8-5-3-4-6-9-19/h10,19H,2-9H2,1H3,(H4,14,15,16,17,18). The zero-order chi connectivity index (χ0) is 13.9. The minimum Gasteiger partial charge on any atom is -0.396 e. The number of rotatable bonds is 10. The largest absolute Gasteiger partial charge is 0.396 e. The quantitative estimate of drug-likeness (QED) is 0.483. The van der Waals surface area contributed by atoms with Crippen LogP contribution in [0.1, 0.15) is 39.0 Å². The van der Waals surface area contributed by atoms with E-state index in [1.54, 1.807) is 0 Å². The van der Waals surface area contributed by atoms with Crippen molar-refractivity contribution in [1.29, 1.82) is 0 Å². The van der Waals surface area contributed by atoms with Crippen molar-refractivity contribution in [2.75, 3.05) is 36.1 Å². The number of hydrogen-bond donors (Lipinski definition) is 4. The van der Waals surface area contributed by atoms with Crippen LogP contribution in [0.2, 0.25) is 0 Å². The molecule has 1 heterocycles. The third kappa shape index (κ3) is 6.81. The molecular formula is C13H25N5O. The van der Waals surface area contributed by atoms with Gasteiger partial charge in [-0.1, -0.05) is 19.8 Å². The molecule has 5 N–H and O–H groups in total. The first-order chi connectivity index (χ1) is 9.26. The van der Waals surface area contributed by atoms with Crippen LogP contribution in [0.25, 0.3) is 0 Å². The minimum absolute atomic E-state index is 0.280. The molecule has 0 aromatic carbocycles. The molecule has 0 atom stereocenters. The fraction of sp³-hybridized carbons (Fsp3) is 0.692. The van der Waals surface area contributed by atoms with E-state index in [9.17, 15) is 0 Å². The molecule has 1 aromatic heterocycles. The Bertz CT molecular complexity index is 359. The van der Waals surface area contributed by atoms with Crippen LogP contribution < -0.4 is 16.4 Å². The molecule has 0 fully saturated rings. The Balaban J connectivity index is 2.34. The van der Waals surface area contributed by atoms with Gasteiger partial charge in [0.2, 0.25) is 5.95 Å². The van der Waals surface area contributed by atoms with Gasteiger partial charge in [-0.2, -0.15) is 9.97 Å². The summed E-state index contributed by atoms with van der Waals surface area (Å²) in [6.45, 7) is 4.11. The molecule has 1 aromatic rings. The van der Waals surface area contributed by atoms with Gasteiger partial charge in [-0.3, -0.25) is 0 Å². The number of nitrogens with one attached hydrogen (secondary N) is 2. The van der Waals surface area contributed by atoms with Crippen molar-refractivity contribution in [3.63, 3.8) is 0 Å². The summed E-state index contributed by atoms with van der Waals surface area (Å²) in [5.74, 6) is 1.80. The van der Waals surface area contributed by atoms with Crippen LogP contribution in [-0.4, -0.2) is 34.8 Å². The predicted octanol–water partition coefficient (Wildman–Crippen LogP) is 1.85. The first-order valence-corrected chi connectivity index (χ1v) is 6.99. The maximum Gasteiger partial charge on any atom is 0.223 e. The fourth-order valence-corrected chi connectivity index (χ4v) is 1.71. The molecule has 6 heteroatoms. The van der Waals surface area contributed by atoms with E-state index >= 15 is 0 Å². The normalized spacial score (nSPS) is 10.4. The Hall–Kier alpha value is -1.56. The Morgan fingerprint density at radius 2 is 1.68 bits per heavy atom. The van der Waals surface area contributed by atoms with Crippen LogP contribution in [0.5, 0.6) is 0 Å². The van der Waals surface area contributed by atoms with E-state index < -0.39 is 0 Å². The van der Waals surface area contributed by atoms with Gasteiger partial charge in [0.1, 0.15) is 11.6 Å². The molecule has 0 saturated carbocycles. The summed E-state index contributed by atoms with van der Waals surface area (Å²) in [6, 6.07) is 1.87. The third-order valence-corrected chi connectivity index (χ3v) is 2.69. The molecule has 0 aliphatic carbocycles. The van der Waals surface area contributed by atoms with Crippen molar-refractivity contribution in [3.05, 3.63) is 6.07 Å². The van der Waals surface area contributed by atoms with Crippen molar-refractivity contribution in [2.24, 2.45) is 0 Å². The first-order valence-electron chi connectivity index (χ1n) is 6.99. The second-order valence-corrected chi connectivity index (χ2v) is 4.49. The lowest BCUT2D eigenvalue weighted by atomic mass is 10.2. The summed E-state index contributed by atoms with van der Waals surface area (Å²) in [4.78, 5) is 8.28. The molecule has 0 bridgehead atoms. The maximum atomic E-state index is 8.68. The zero-order valence-electron chi connectivity index (χ0n) is 11.7. The van der Waals surface area contributed by atoms with Crippen LogP contribution in [-0.2, 0) is 0 Å². The highest BCUT2D eigenvalue weighted by atomic mass is 16.2. The number of unbranched alkanes of at least 4 members (excludes halogenated alkanes) is 3. The number of hydrogen-bond acceptors (Lipinski definition) is 6. The van der Waals surface area contributed by atoms with Crippen molar-refractivity contribution < 1.29 is 5.11 Å². The average molecular weight is 267 g/mol. The van der Waals surface area contributed by atoms with Gasteiger partial charge in [-0.15, -0.1) is 0 Å². The van der Waals surface area contributed by atoms with Crippen molar-refractivity contribution in [1.82, 2.24) is 9.97 Å². The topological polar surface area (TPSA) is 96.1 Å². The Morgan fingerprint density at radius 3 is 2.32 bits per heavy atom. The lowest BCUT2D eigenvalue weighted by Crippen LogP contribution is -2.09. The molecule has 0 saturated heterocycles. The summed E-state index contributed by atoms with van der Waals surface area (Å²) >= 11 is 0. The summed E-state index contributed by atoms with van der Waals surface area (Å²) in [7, 11) is 0. The molecule has 0 amide bonds. The summed E-state index contributed by atoms with van der Waals surface area (Å²) in [5, 5.41) is 15.1. The van der Waals surface area contributed by atoms with Crippen LogP contribution in [0.4, 0.5) is 17.6 Å². The van der Waals surface area contributed by atoms with E-state index in [0.29, 0.717) is 0 Å². The third-order valence-electron chi connectivity index (χ3n) is 2.69. The Morgan fingerprint density at radius 1 is 1.05 bits per heavy atom. The SMILES string of the molecule is CCCNc1cc(NCCCCCCO)nc(N)n1. The lowest BCUT2D eigenvalue weighted by Gasteiger charge is -2.09. The molecule has 108 valence electrons. The molecule has 19 heavy (non-hydrogen) atoms. The van der Waals surface area contributed by atoms with Gasteiger partial charge in [-0.05, 0) is 19.3 Å². The van der Waals surface area contributed by atoms with E-state index in [1.807, 2.05) is 6.07 Å². The van der Waals surface area contributed by atoms with Gasteiger partial charge in [0.25, 0.3) is 0 Å². The van der Waals surface area contributed by atoms with E-state index in [2.05, 4.69) is 27.5 Å². The van der Waals surface area contributed by atoms with Gasteiger partial charge in [0, 0.05) is 25.8 Å². The highest BCUT2D eigenvalue weighted by Gasteiger charge is 2.01. The van der Waals surface area contributed by atoms with E-state index in [4.69, 9.17) is 10.8 Å². The van der Waals surface area contributed by atoms with Crippen molar-refractivity contribution >= 4 is 17.6 Å². The van der Waals surface area contributed by atoms with Crippen molar-refractivity contribution in [3.8, 4) is 0 Å². The molecule has 0 aliphatic rings. The van der Waals surface area contributed by atoms with Gasteiger partial charge in [0.15, 0.2) is 0 Å². The van der Waals surface area contributed by atoms with Crippen LogP contribution in [0.3, 0.4) is 0 Å². The highest BCUT2D eigenvalue weighted by Crippen LogP contribution is 2.12. The number of aliphatic hydroxyl groups is 1. The smallest absolute Gasteiger partial charge is 0.223 e. The number of nitrogen functional groups attached to an aromatic ring is 1. The number of anilines is 3. The highest BCUT2D eigenvalue weighted by molar-refractivity contribution is 5.50. The van der Waals surface area contributed by atoms with Gasteiger partial charge < -0.3 is 21.5 Å². The molecule has 0 radical (unpaired) electrons. The number of nitrogens with zero attached hydrogens (tertiary/aromatic N) is 2. The maximum absolute atomic E-state index is 8.68. The Labute approximate surface area is 114 Å². The number of aliphatic hydroxyl groups excluding tert-OH is 1.